The summed E-state index contributed by atoms with van der Waals surface area (Å²) in [5, 5.41) is 9.38. The van der Waals surface area contributed by atoms with Crippen molar-refractivity contribution in [2.45, 2.75) is 37.6 Å². The van der Waals surface area contributed by atoms with E-state index in [9.17, 15) is 9.90 Å². The molecule has 14 heavy (non-hydrogen) atoms. The van der Waals surface area contributed by atoms with Crippen molar-refractivity contribution in [3.05, 3.63) is 12.2 Å². The van der Waals surface area contributed by atoms with Gasteiger partial charge in [0.05, 0.1) is 0 Å². The van der Waals surface area contributed by atoms with Crippen molar-refractivity contribution in [3.63, 3.8) is 0 Å². The van der Waals surface area contributed by atoms with Gasteiger partial charge in [-0.25, -0.2) is 0 Å². The van der Waals surface area contributed by atoms with Crippen LogP contribution in [-0.4, -0.2) is 34.6 Å². The smallest absolute Gasteiger partial charge is 0.324 e. The summed E-state index contributed by atoms with van der Waals surface area (Å²) in [6.07, 6.45) is 9.09. The molecule has 0 unspecified atom stereocenters. The zero-order chi connectivity index (χ0) is 10.0. The summed E-state index contributed by atoms with van der Waals surface area (Å²) in [6, 6.07) is 0. The van der Waals surface area contributed by atoms with E-state index in [1.165, 1.54) is 6.42 Å². The molecule has 1 aliphatic heterocycles. The van der Waals surface area contributed by atoms with Gasteiger partial charge in [-0.2, -0.15) is 0 Å². The molecule has 0 bridgehead atoms. The Bertz CT molecular complexity index is 246. The first-order chi connectivity index (χ1) is 6.76. The molecular formula is C11H17NO2. The van der Waals surface area contributed by atoms with E-state index in [4.69, 9.17) is 0 Å². The molecule has 0 radical (unpaired) electrons. The van der Waals surface area contributed by atoms with E-state index in [0.29, 0.717) is 0 Å². The fourth-order valence-corrected chi connectivity index (χ4v) is 2.63. The predicted molar refractivity (Wildman–Crippen MR) is 54.2 cm³/mol. The van der Waals surface area contributed by atoms with Crippen LogP contribution in [0.1, 0.15) is 32.1 Å². The quantitative estimate of drug-likeness (QED) is 0.681. The maximum Gasteiger partial charge on any atom is 0.324 e. The van der Waals surface area contributed by atoms with Crippen molar-refractivity contribution in [1.29, 1.82) is 0 Å². The molecule has 0 amide bonds. The number of carbonyl (C=O) groups is 1. The summed E-state index contributed by atoms with van der Waals surface area (Å²) in [6.45, 7) is 1.62. The third-order valence-corrected chi connectivity index (χ3v) is 3.50. The Balaban J connectivity index is 2.16. The van der Waals surface area contributed by atoms with Gasteiger partial charge in [0.1, 0.15) is 5.54 Å². The number of hydrogen-bond acceptors (Lipinski definition) is 2. The van der Waals surface area contributed by atoms with E-state index in [0.717, 1.165) is 38.8 Å². The van der Waals surface area contributed by atoms with Crippen LogP contribution in [0.5, 0.6) is 0 Å². The van der Waals surface area contributed by atoms with Crippen LogP contribution in [0, 0.1) is 0 Å². The van der Waals surface area contributed by atoms with E-state index in [1.807, 2.05) is 0 Å². The second-order valence-corrected chi connectivity index (χ2v) is 4.27. The maximum atomic E-state index is 11.4. The van der Waals surface area contributed by atoms with Crippen molar-refractivity contribution in [3.8, 4) is 0 Å². The SMILES string of the molecule is O=C(O)C1(N2CC=CC2)CCCCC1. The number of rotatable bonds is 2. The molecule has 3 nitrogen and oxygen atoms in total. The molecule has 2 aliphatic rings. The van der Waals surface area contributed by atoms with E-state index in [2.05, 4.69) is 17.1 Å². The molecule has 78 valence electrons. The highest BCUT2D eigenvalue weighted by atomic mass is 16.4. The highest BCUT2D eigenvalue weighted by Gasteiger charge is 2.44. The fourth-order valence-electron chi connectivity index (χ4n) is 2.63. The summed E-state index contributed by atoms with van der Waals surface area (Å²) >= 11 is 0. The Kier molecular flexibility index (Phi) is 2.59. The average Bonchev–Trinajstić information content (AvgIpc) is 2.72. The van der Waals surface area contributed by atoms with Crippen LogP contribution in [0.3, 0.4) is 0 Å². The molecule has 1 heterocycles. The Morgan fingerprint density at radius 2 is 1.71 bits per heavy atom. The largest absolute Gasteiger partial charge is 0.480 e. The zero-order valence-electron chi connectivity index (χ0n) is 8.41. The van der Waals surface area contributed by atoms with Crippen molar-refractivity contribution >= 4 is 5.97 Å². The van der Waals surface area contributed by atoms with Gasteiger partial charge in [0.2, 0.25) is 0 Å². The molecule has 0 aromatic rings. The van der Waals surface area contributed by atoms with Gasteiger partial charge in [-0.1, -0.05) is 31.4 Å². The van der Waals surface area contributed by atoms with Gasteiger partial charge in [0.15, 0.2) is 0 Å². The minimum absolute atomic E-state index is 0.554. The Morgan fingerprint density at radius 1 is 1.14 bits per heavy atom. The van der Waals surface area contributed by atoms with Gasteiger partial charge in [-0.15, -0.1) is 0 Å². The summed E-state index contributed by atoms with van der Waals surface area (Å²) < 4.78 is 0. The van der Waals surface area contributed by atoms with Crippen LogP contribution < -0.4 is 0 Å². The standard InChI is InChI=1S/C11H17NO2/c13-10(14)11(6-2-1-3-7-11)12-8-4-5-9-12/h4-5H,1-3,6-9H2,(H,13,14). The van der Waals surface area contributed by atoms with Gasteiger partial charge in [-0.3, -0.25) is 9.69 Å². The van der Waals surface area contributed by atoms with Crippen molar-refractivity contribution in [1.82, 2.24) is 4.90 Å². The topological polar surface area (TPSA) is 40.5 Å². The molecule has 1 N–H and O–H groups in total. The van der Waals surface area contributed by atoms with Crippen molar-refractivity contribution in [2.75, 3.05) is 13.1 Å². The number of aliphatic carboxylic acids is 1. The molecule has 0 aromatic carbocycles. The maximum absolute atomic E-state index is 11.4. The van der Waals surface area contributed by atoms with Gasteiger partial charge in [-0.05, 0) is 12.8 Å². The van der Waals surface area contributed by atoms with E-state index in [-0.39, 0.29) is 0 Å². The predicted octanol–water partition coefficient (Wildman–Crippen LogP) is 1.65. The molecule has 0 aromatic heterocycles. The van der Waals surface area contributed by atoms with Gasteiger partial charge in [0.25, 0.3) is 0 Å². The summed E-state index contributed by atoms with van der Waals surface area (Å²) in [4.78, 5) is 13.5. The normalized spacial score (nSPS) is 26.6. The van der Waals surface area contributed by atoms with Crippen LogP contribution in [-0.2, 0) is 4.79 Å². The summed E-state index contributed by atoms with van der Waals surface area (Å²) in [7, 11) is 0. The highest BCUT2D eigenvalue weighted by molar-refractivity contribution is 5.79. The van der Waals surface area contributed by atoms with Crippen molar-refractivity contribution < 1.29 is 9.90 Å². The first-order valence-electron chi connectivity index (χ1n) is 5.39. The molecule has 1 saturated carbocycles. The van der Waals surface area contributed by atoms with Gasteiger partial charge in [0, 0.05) is 13.1 Å². The van der Waals surface area contributed by atoms with E-state index in [1.54, 1.807) is 0 Å². The first-order valence-corrected chi connectivity index (χ1v) is 5.39. The summed E-state index contributed by atoms with van der Waals surface area (Å²) in [5.74, 6) is -0.624. The highest BCUT2D eigenvalue weighted by Crippen LogP contribution is 2.34. The first kappa shape index (κ1) is 9.71. The average molecular weight is 195 g/mol. The lowest BCUT2D eigenvalue weighted by molar-refractivity contribution is -0.153. The van der Waals surface area contributed by atoms with Crippen LogP contribution in [0.15, 0.2) is 12.2 Å². The second kappa shape index (κ2) is 3.73. The molecular weight excluding hydrogens is 178 g/mol. The summed E-state index contributed by atoms with van der Waals surface area (Å²) in [5.41, 5.74) is -0.554. The third kappa shape index (κ3) is 1.46. The Labute approximate surface area is 84.4 Å². The number of hydrogen-bond donors (Lipinski definition) is 1. The zero-order valence-corrected chi connectivity index (χ0v) is 8.41. The number of carboxylic acid groups (broad SMARTS) is 1. The molecule has 0 atom stereocenters. The second-order valence-electron chi connectivity index (χ2n) is 4.27. The lowest BCUT2D eigenvalue weighted by Gasteiger charge is -2.40. The Morgan fingerprint density at radius 3 is 2.21 bits per heavy atom. The van der Waals surface area contributed by atoms with Gasteiger partial charge < -0.3 is 5.11 Å². The van der Waals surface area contributed by atoms with Crippen LogP contribution in [0.4, 0.5) is 0 Å². The van der Waals surface area contributed by atoms with E-state index < -0.39 is 11.5 Å². The van der Waals surface area contributed by atoms with Crippen LogP contribution in [0.25, 0.3) is 0 Å². The Hall–Kier alpha value is -0.830. The van der Waals surface area contributed by atoms with Gasteiger partial charge >= 0.3 is 5.97 Å². The monoisotopic (exact) mass is 195 g/mol. The minimum atomic E-state index is -0.624. The molecule has 0 saturated heterocycles. The van der Waals surface area contributed by atoms with E-state index >= 15 is 0 Å². The number of carboxylic acids is 1. The van der Waals surface area contributed by atoms with Crippen molar-refractivity contribution in [2.24, 2.45) is 0 Å². The van der Waals surface area contributed by atoms with Crippen LogP contribution in [0.2, 0.25) is 0 Å². The van der Waals surface area contributed by atoms with Crippen LogP contribution >= 0.6 is 0 Å². The molecule has 2 rings (SSSR count). The molecule has 1 fully saturated rings. The minimum Gasteiger partial charge on any atom is -0.480 e. The molecule has 0 spiro atoms. The molecule has 1 aliphatic carbocycles. The third-order valence-electron chi connectivity index (χ3n) is 3.50. The fraction of sp³-hybridized carbons (Fsp3) is 0.727. The number of nitrogens with zero attached hydrogens (tertiary/aromatic N) is 1. The lowest BCUT2D eigenvalue weighted by Crippen LogP contribution is -2.54. The molecule has 3 heteroatoms. The lowest BCUT2D eigenvalue weighted by atomic mass is 9.80.